The van der Waals surface area contributed by atoms with Crippen LogP contribution in [-0.4, -0.2) is 35.4 Å². The summed E-state index contributed by atoms with van der Waals surface area (Å²) in [5.41, 5.74) is 0. The van der Waals surface area contributed by atoms with E-state index in [-0.39, 0.29) is 10.8 Å². The molecule has 0 aromatic rings. The summed E-state index contributed by atoms with van der Waals surface area (Å²) in [6.07, 6.45) is 3.10. The lowest BCUT2D eigenvalue weighted by atomic mass is 9.88. The summed E-state index contributed by atoms with van der Waals surface area (Å²) in [5.74, 6) is 0.693. The molecular formula is C12H23NO2S. The first kappa shape index (κ1) is 13.7. The highest BCUT2D eigenvalue weighted by Gasteiger charge is 2.26. The number of likely N-dealkylation sites (tertiary alicyclic amines) is 1. The van der Waals surface area contributed by atoms with Gasteiger partial charge in [0.05, 0.1) is 6.61 Å². The predicted molar refractivity (Wildman–Crippen MR) is 69.0 cm³/mol. The topological polar surface area (TPSA) is 29.5 Å². The number of amides is 1. The molecule has 1 saturated heterocycles. The lowest BCUT2D eigenvalue weighted by Gasteiger charge is -2.34. The van der Waals surface area contributed by atoms with Gasteiger partial charge < -0.3 is 9.64 Å². The molecule has 1 aliphatic rings. The maximum absolute atomic E-state index is 11.5. The first-order valence-electron chi connectivity index (χ1n) is 6.06. The first-order valence-corrected chi connectivity index (χ1v) is 6.51. The van der Waals surface area contributed by atoms with Gasteiger partial charge in [-0.3, -0.25) is 0 Å². The average Bonchev–Trinajstić information content (AvgIpc) is 2.16. The quantitative estimate of drug-likeness (QED) is 0.775. The van der Waals surface area contributed by atoms with E-state index in [2.05, 4.69) is 26.5 Å². The fourth-order valence-electron chi connectivity index (χ4n) is 2.24. The van der Waals surface area contributed by atoms with E-state index in [4.69, 9.17) is 4.74 Å². The van der Waals surface area contributed by atoms with E-state index < -0.39 is 0 Å². The van der Waals surface area contributed by atoms with Crippen LogP contribution >= 0.6 is 12.6 Å². The van der Waals surface area contributed by atoms with Crippen LogP contribution in [0.3, 0.4) is 0 Å². The maximum atomic E-state index is 11.5. The minimum Gasteiger partial charge on any atom is -0.450 e. The van der Waals surface area contributed by atoms with E-state index in [1.54, 1.807) is 0 Å². The SMILES string of the molecule is CCOC(=O)N1CCC(CC(C)(C)S)CC1. The number of ether oxygens (including phenoxy) is 1. The molecule has 0 bridgehead atoms. The van der Waals surface area contributed by atoms with E-state index in [0.29, 0.717) is 12.5 Å². The van der Waals surface area contributed by atoms with Crippen LogP contribution in [0.15, 0.2) is 0 Å². The summed E-state index contributed by atoms with van der Waals surface area (Å²) < 4.78 is 5.08. The number of carbonyl (C=O) groups excluding carboxylic acids is 1. The Hall–Kier alpha value is -0.380. The molecule has 0 N–H and O–H groups in total. The van der Waals surface area contributed by atoms with E-state index in [1.165, 1.54) is 0 Å². The molecule has 3 nitrogen and oxygen atoms in total. The van der Waals surface area contributed by atoms with Crippen molar-refractivity contribution in [3.63, 3.8) is 0 Å². The van der Waals surface area contributed by atoms with Crippen molar-refractivity contribution in [3.8, 4) is 0 Å². The second-order valence-corrected chi connectivity index (χ2v) is 6.36. The third-order valence-electron chi connectivity index (χ3n) is 2.93. The summed E-state index contributed by atoms with van der Waals surface area (Å²) >= 11 is 4.56. The van der Waals surface area contributed by atoms with Crippen molar-refractivity contribution in [1.29, 1.82) is 0 Å². The zero-order chi connectivity index (χ0) is 12.2. The lowest BCUT2D eigenvalue weighted by molar-refractivity contribution is 0.0902. The molecule has 0 atom stereocenters. The zero-order valence-electron chi connectivity index (χ0n) is 10.5. The van der Waals surface area contributed by atoms with Gasteiger partial charge in [0.25, 0.3) is 0 Å². The molecule has 0 unspecified atom stereocenters. The van der Waals surface area contributed by atoms with Gasteiger partial charge in [-0.2, -0.15) is 12.6 Å². The number of carbonyl (C=O) groups is 1. The molecule has 4 heteroatoms. The van der Waals surface area contributed by atoms with Gasteiger partial charge in [0.1, 0.15) is 0 Å². The normalized spacial score (nSPS) is 18.6. The number of thiol groups is 1. The second kappa shape index (κ2) is 5.80. The van der Waals surface area contributed by atoms with E-state index in [9.17, 15) is 4.79 Å². The second-order valence-electron chi connectivity index (χ2n) is 5.15. The number of rotatable bonds is 3. The third-order valence-corrected chi connectivity index (χ3v) is 3.11. The summed E-state index contributed by atoms with van der Waals surface area (Å²) in [7, 11) is 0. The van der Waals surface area contributed by atoms with Crippen molar-refractivity contribution >= 4 is 18.7 Å². The molecule has 1 fully saturated rings. The highest BCUT2D eigenvalue weighted by molar-refractivity contribution is 7.81. The molecule has 0 saturated carbocycles. The summed E-state index contributed by atoms with van der Waals surface area (Å²) in [6.45, 7) is 8.25. The molecule has 0 radical (unpaired) electrons. The van der Waals surface area contributed by atoms with Crippen LogP contribution in [0.5, 0.6) is 0 Å². The number of hydrogen-bond donors (Lipinski definition) is 1. The van der Waals surface area contributed by atoms with Gasteiger partial charge in [0.15, 0.2) is 0 Å². The van der Waals surface area contributed by atoms with Crippen molar-refractivity contribution < 1.29 is 9.53 Å². The van der Waals surface area contributed by atoms with E-state index in [1.807, 2.05) is 11.8 Å². The van der Waals surface area contributed by atoms with Gasteiger partial charge in [-0.15, -0.1) is 0 Å². The van der Waals surface area contributed by atoms with Crippen LogP contribution in [0.25, 0.3) is 0 Å². The molecule has 1 rings (SSSR count). The molecule has 0 spiro atoms. The van der Waals surface area contributed by atoms with E-state index in [0.717, 1.165) is 32.4 Å². The Morgan fingerprint density at radius 2 is 2.00 bits per heavy atom. The molecule has 1 aliphatic heterocycles. The standard InChI is InChI=1S/C12H23NO2S/c1-4-15-11(14)13-7-5-10(6-8-13)9-12(2,3)16/h10,16H,4-9H2,1-3H3. The monoisotopic (exact) mass is 245 g/mol. The summed E-state index contributed by atoms with van der Waals surface area (Å²) in [6, 6.07) is 0. The number of piperidine rings is 1. The Kier molecular flexibility index (Phi) is 4.96. The summed E-state index contributed by atoms with van der Waals surface area (Å²) in [5, 5.41) is 0. The predicted octanol–water partition coefficient (Wildman–Crippen LogP) is 2.95. The molecule has 0 aromatic carbocycles. The van der Waals surface area contributed by atoms with Gasteiger partial charge in [0, 0.05) is 17.8 Å². The van der Waals surface area contributed by atoms with Crippen LogP contribution < -0.4 is 0 Å². The molecule has 94 valence electrons. The Balaban J connectivity index is 2.31. The molecule has 1 heterocycles. The van der Waals surface area contributed by atoms with Crippen molar-refractivity contribution in [3.05, 3.63) is 0 Å². The van der Waals surface area contributed by atoms with Crippen LogP contribution in [0.2, 0.25) is 0 Å². The van der Waals surface area contributed by atoms with Gasteiger partial charge in [0.2, 0.25) is 0 Å². The number of hydrogen-bond acceptors (Lipinski definition) is 3. The molecular weight excluding hydrogens is 222 g/mol. The highest BCUT2D eigenvalue weighted by atomic mass is 32.1. The fourth-order valence-corrected chi connectivity index (χ4v) is 2.50. The van der Waals surface area contributed by atoms with Gasteiger partial charge >= 0.3 is 6.09 Å². The van der Waals surface area contributed by atoms with Crippen molar-refractivity contribution in [2.24, 2.45) is 5.92 Å². The Bertz CT molecular complexity index is 230. The molecule has 0 aliphatic carbocycles. The van der Waals surface area contributed by atoms with Crippen molar-refractivity contribution in [2.45, 2.75) is 44.8 Å². The van der Waals surface area contributed by atoms with Crippen LogP contribution in [-0.2, 0) is 4.74 Å². The highest BCUT2D eigenvalue weighted by Crippen LogP contribution is 2.29. The van der Waals surface area contributed by atoms with Gasteiger partial charge in [-0.05, 0) is 32.1 Å². The maximum Gasteiger partial charge on any atom is 0.409 e. The third kappa shape index (κ3) is 4.64. The Labute approximate surface area is 104 Å². The Morgan fingerprint density at radius 3 is 2.44 bits per heavy atom. The Morgan fingerprint density at radius 1 is 1.44 bits per heavy atom. The van der Waals surface area contributed by atoms with Gasteiger partial charge in [-0.1, -0.05) is 13.8 Å². The van der Waals surface area contributed by atoms with Gasteiger partial charge in [-0.25, -0.2) is 4.79 Å². The zero-order valence-corrected chi connectivity index (χ0v) is 11.4. The lowest BCUT2D eigenvalue weighted by Crippen LogP contribution is -2.39. The van der Waals surface area contributed by atoms with Crippen molar-refractivity contribution in [1.82, 2.24) is 4.90 Å². The first-order chi connectivity index (χ1) is 7.42. The molecule has 16 heavy (non-hydrogen) atoms. The minimum absolute atomic E-state index is 0.0940. The number of nitrogens with zero attached hydrogens (tertiary/aromatic N) is 1. The minimum atomic E-state index is -0.161. The average molecular weight is 245 g/mol. The van der Waals surface area contributed by atoms with Crippen molar-refractivity contribution in [2.75, 3.05) is 19.7 Å². The molecule has 1 amide bonds. The summed E-state index contributed by atoms with van der Waals surface area (Å²) in [4.78, 5) is 13.3. The smallest absolute Gasteiger partial charge is 0.409 e. The fraction of sp³-hybridized carbons (Fsp3) is 0.917. The largest absolute Gasteiger partial charge is 0.450 e. The van der Waals surface area contributed by atoms with E-state index >= 15 is 0 Å². The molecule has 0 aromatic heterocycles. The van der Waals surface area contributed by atoms with Crippen LogP contribution in [0, 0.1) is 5.92 Å². The van der Waals surface area contributed by atoms with Crippen LogP contribution in [0.4, 0.5) is 4.79 Å². The van der Waals surface area contributed by atoms with Crippen LogP contribution in [0.1, 0.15) is 40.0 Å².